The number of aromatic nitrogens is 1. The van der Waals surface area contributed by atoms with Gasteiger partial charge in [-0.3, -0.25) is 4.79 Å². The second kappa shape index (κ2) is 7.45. The minimum atomic E-state index is -0.250. The lowest BCUT2D eigenvalue weighted by atomic mass is 10.0. The standard InChI is InChI=1S/C17H19FN2OS2/c1-12-3-2-8-20(9-12)16(21)11-23-17-19-15(10-22-17)13-4-6-14(18)7-5-13/h4-7,10,12H,2-3,8-9,11H2,1H3. The van der Waals surface area contributed by atoms with Gasteiger partial charge < -0.3 is 4.90 Å². The maximum absolute atomic E-state index is 13.0. The molecule has 23 heavy (non-hydrogen) atoms. The smallest absolute Gasteiger partial charge is 0.233 e. The molecule has 1 unspecified atom stereocenters. The molecule has 0 aliphatic carbocycles. The number of thioether (sulfide) groups is 1. The molecule has 1 fully saturated rings. The van der Waals surface area contributed by atoms with E-state index in [1.165, 1.54) is 41.7 Å². The lowest BCUT2D eigenvalue weighted by Crippen LogP contribution is -2.40. The number of carbonyl (C=O) groups is 1. The minimum Gasteiger partial charge on any atom is -0.342 e. The Kier molecular flexibility index (Phi) is 5.33. The van der Waals surface area contributed by atoms with Gasteiger partial charge in [0.25, 0.3) is 0 Å². The summed E-state index contributed by atoms with van der Waals surface area (Å²) in [6, 6.07) is 6.31. The van der Waals surface area contributed by atoms with Crippen molar-refractivity contribution < 1.29 is 9.18 Å². The number of benzene rings is 1. The molecule has 1 aliphatic rings. The molecule has 122 valence electrons. The summed E-state index contributed by atoms with van der Waals surface area (Å²) in [6.45, 7) is 3.95. The number of amides is 1. The molecule has 2 aromatic rings. The highest BCUT2D eigenvalue weighted by atomic mass is 32.2. The molecule has 2 heterocycles. The number of carbonyl (C=O) groups excluding carboxylic acids is 1. The van der Waals surface area contributed by atoms with E-state index in [2.05, 4.69) is 11.9 Å². The van der Waals surface area contributed by atoms with Gasteiger partial charge in [-0.15, -0.1) is 11.3 Å². The Morgan fingerprint density at radius 2 is 2.22 bits per heavy atom. The zero-order valence-electron chi connectivity index (χ0n) is 13.0. The monoisotopic (exact) mass is 350 g/mol. The highest BCUT2D eigenvalue weighted by Crippen LogP contribution is 2.29. The molecule has 1 aromatic heterocycles. The van der Waals surface area contributed by atoms with Crippen LogP contribution < -0.4 is 0 Å². The fourth-order valence-corrected chi connectivity index (χ4v) is 4.45. The van der Waals surface area contributed by atoms with Crippen LogP contribution in [-0.2, 0) is 4.79 Å². The van der Waals surface area contributed by atoms with E-state index in [0.29, 0.717) is 11.7 Å². The van der Waals surface area contributed by atoms with E-state index < -0.39 is 0 Å². The summed E-state index contributed by atoms with van der Waals surface area (Å²) in [4.78, 5) is 18.8. The van der Waals surface area contributed by atoms with Gasteiger partial charge in [0.1, 0.15) is 5.82 Å². The second-order valence-corrected chi connectivity index (χ2v) is 7.96. The van der Waals surface area contributed by atoms with Crippen molar-refractivity contribution >= 4 is 29.0 Å². The molecule has 0 N–H and O–H groups in total. The van der Waals surface area contributed by atoms with Gasteiger partial charge in [0.2, 0.25) is 5.91 Å². The zero-order valence-corrected chi connectivity index (χ0v) is 14.6. The summed E-state index contributed by atoms with van der Waals surface area (Å²) in [6.07, 6.45) is 2.31. The first-order valence-electron chi connectivity index (χ1n) is 7.74. The van der Waals surface area contributed by atoms with E-state index in [1.54, 1.807) is 12.1 Å². The molecule has 6 heteroatoms. The lowest BCUT2D eigenvalue weighted by Gasteiger charge is -2.30. The zero-order chi connectivity index (χ0) is 16.2. The van der Waals surface area contributed by atoms with E-state index in [9.17, 15) is 9.18 Å². The molecular formula is C17H19FN2OS2. The molecule has 3 rings (SSSR count). The van der Waals surface area contributed by atoms with Crippen molar-refractivity contribution in [2.45, 2.75) is 24.1 Å². The van der Waals surface area contributed by atoms with Crippen LogP contribution in [0.25, 0.3) is 11.3 Å². The molecule has 1 aromatic carbocycles. The fraction of sp³-hybridized carbons (Fsp3) is 0.412. The molecule has 1 aliphatic heterocycles. The Morgan fingerprint density at radius 3 is 2.96 bits per heavy atom. The van der Waals surface area contributed by atoms with Gasteiger partial charge in [-0.2, -0.15) is 0 Å². The van der Waals surface area contributed by atoms with Crippen LogP contribution in [0.4, 0.5) is 4.39 Å². The van der Waals surface area contributed by atoms with Crippen LogP contribution in [0.1, 0.15) is 19.8 Å². The quantitative estimate of drug-likeness (QED) is 0.771. The number of halogens is 1. The van der Waals surface area contributed by atoms with Crippen molar-refractivity contribution in [3.63, 3.8) is 0 Å². The van der Waals surface area contributed by atoms with Gasteiger partial charge in [-0.1, -0.05) is 18.7 Å². The first-order valence-corrected chi connectivity index (χ1v) is 9.60. The Hall–Kier alpha value is -1.40. The number of thiazole rings is 1. The highest BCUT2D eigenvalue weighted by molar-refractivity contribution is 8.01. The Morgan fingerprint density at radius 1 is 1.43 bits per heavy atom. The van der Waals surface area contributed by atoms with Crippen molar-refractivity contribution in [1.82, 2.24) is 9.88 Å². The van der Waals surface area contributed by atoms with E-state index in [-0.39, 0.29) is 11.7 Å². The van der Waals surface area contributed by atoms with E-state index in [4.69, 9.17) is 0 Å². The first kappa shape index (κ1) is 16.5. The van der Waals surface area contributed by atoms with E-state index >= 15 is 0 Å². The topological polar surface area (TPSA) is 33.2 Å². The largest absolute Gasteiger partial charge is 0.342 e. The predicted molar refractivity (Wildman–Crippen MR) is 93.2 cm³/mol. The van der Waals surface area contributed by atoms with Crippen LogP contribution in [0, 0.1) is 11.7 Å². The number of likely N-dealkylation sites (tertiary alicyclic amines) is 1. The van der Waals surface area contributed by atoms with Crippen LogP contribution >= 0.6 is 23.1 Å². The minimum absolute atomic E-state index is 0.195. The van der Waals surface area contributed by atoms with Crippen molar-refractivity contribution in [3.05, 3.63) is 35.5 Å². The van der Waals surface area contributed by atoms with Crippen LogP contribution in [0.15, 0.2) is 34.0 Å². The molecular weight excluding hydrogens is 331 g/mol. The molecule has 1 amide bonds. The molecule has 0 bridgehead atoms. The summed E-state index contributed by atoms with van der Waals surface area (Å²) < 4.78 is 13.8. The Balaban J connectivity index is 1.56. The van der Waals surface area contributed by atoms with Crippen molar-refractivity contribution in [1.29, 1.82) is 0 Å². The average molecular weight is 350 g/mol. The summed E-state index contributed by atoms with van der Waals surface area (Å²) in [5.74, 6) is 0.978. The maximum Gasteiger partial charge on any atom is 0.233 e. The normalized spacial score (nSPS) is 18.2. The van der Waals surface area contributed by atoms with Crippen LogP contribution in [0.5, 0.6) is 0 Å². The molecule has 0 radical (unpaired) electrons. The van der Waals surface area contributed by atoms with Crippen LogP contribution in [0.3, 0.4) is 0 Å². The third kappa shape index (κ3) is 4.32. The first-order chi connectivity index (χ1) is 11.1. The summed E-state index contributed by atoms with van der Waals surface area (Å²) in [7, 11) is 0. The van der Waals surface area contributed by atoms with Crippen molar-refractivity contribution in [2.75, 3.05) is 18.8 Å². The SMILES string of the molecule is CC1CCCN(C(=O)CSc2nc(-c3ccc(F)cc3)cs2)C1. The predicted octanol–water partition coefficient (Wildman–Crippen LogP) is 4.30. The van der Waals surface area contributed by atoms with Gasteiger partial charge in [0, 0.05) is 24.0 Å². The summed E-state index contributed by atoms with van der Waals surface area (Å²) in [5, 5.41) is 1.95. The van der Waals surface area contributed by atoms with Gasteiger partial charge in [0.05, 0.1) is 11.4 Å². The number of hydrogen-bond acceptors (Lipinski definition) is 4. The molecule has 1 atom stereocenters. The summed E-state index contributed by atoms with van der Waals surface area (Å²) in [5.41, 5.74) is 1.72. The van der Waals surface area contributed by atoms with Crippen molar-refractivity contribution in [2.24, 2.45) is 5.92 Å². The third-order valence-corrected chi connectivity index (χ3v) is 5.96. The third-order valence-electron chi connectivity index (χ3n) is 3.95. The van der Waals surface area contributed by atoms with Crippen LogP contribution in [0.2, 0.25) is 0 Å². The molecule has 0 spiro atoms. The lowest BCUT2D eigenvalue weighted by molar-refractivity contribution is -0.130. The Labute approximate surface area is 143 Å². The number of rotatable bonds is 4. The van der Waals surface area contributed by atoms with Gasteiger partial charge in [-0.25, -0.2) is 9.37 Å². The number of hydrogen-bond donors (Lipinski definition) is 0. The molecule has 0 saturated carbocycles. The van der Waals surface area contributed by atoms with E-state index in [0.717, 1.165) is 35.1 Å². The average Bonchev–Trinajstić information content (AvgIpc) is 3.02. The Bertz CT molecular complexity index is 671. The molecule has 3 nitrogen and oxygen atoms in total. The number of nitrogens with zero attached hydrogens (tertiary/aromatic N) is 2. The number of piperidine rings is 1. The van der Waals surface area contributed by atoms with Gasteiger partial charge in [0.15, 0.2) is 4.34 Å². The van der Waals surface area contributed by atoms with Gasteiger partial charge >= 0.3 is 0 Å². The van der Waals surface area contributed by atoms with Crippen LogP contribution in [-0.4, -0.2) is 34.6 Å². The van der Waals surface area contributed by atoms with Crippen molar-refractivity contribution in [3.8, 4) is 11.3 Å². The highest BCUT2D eigenvalue weighted by Gasteiger charge is 2.21. The summed E-state index contributed by atoms with van der Waals surface area (Å²) >= 11 is 3.01. The van der Waals surface area contributed by atoms with Gasteiger partial charge in [-0.05, 0) is 43.0 Å². The second-order valence-electron chi connectivity index (χ2n) is 5.88. The van der Waals surface area contributed by atoms with E-state index in [1.807, 2.05) is 10.3 Å². The maximum atomic E-state index is 13.0. The fourth-order valence-electron chi connectivity index (χ4n) is 2.71. The molecule has 1 saturated heterocycles.